The summed E-state index contributed by atoms with van der Waals surface area (Å²) in [6, 6.07) is 4.97. The van der Waals surface area contributed by atoms with Crippen molar-refractivity contribution in [3.05, 3.63) is 35.1 Å². The van der Waals surface area contributed by atoms with Gasteiger partial charge in [0.05, 0.1) is 31.2 Å². The second-order valence-electron chi connectivity index (χ2n) is 5.66. The highest BCUT2D eigenvalue weighted by Gasteiger charge is 2.56. The Bertz CT molecular complexity index is 504. The Balaban J connectivity index is 2.48. The number of halogens is 1. The van der Waals surface area contributed by atoms with Crippen LogP contribution in [-0.2, 0) is 19.7 Å². The van der Waals surface area contributed by atoms with E-state index in [9.17, 15) is 9.18 Å². The van der Waals surface area contributed by atoms with Crippen molar-refractivity contribution in [2.45, 2.75) is 26.2 Å². The molecule has 3 nitrogen and oxygen atoms in total. The van der Waals surface area contributed by atoms with Crippen molar-refractivity contribution in [1.29, 1.82) is 0 Å². The van der Waals surface area contributed by atoms with E-state index >= 15 is 0 Å². The Labute approximate surface area is 112 Å². The van der Waals surface area contributed by atoms with Gasteiger partial charge >= 0.3 is 5.97 Å². The first kappa shape index (κ1) is 14.0. The third kappa shape index (κ3) is 1.94. The van der Waals surface area contributed by atoms with Gasteiger partial charge in [0.1, 0.15) is 5.82 Å². The standard InChI is InChI=1S/C15H19FO3/c1-10-7-11(5-6-12(10)16)15(8-19-9-15)14(2,3)13(17)18-4/h5-7H,8-9H2,1-4H3. The van der Waals surface area contributed by atoms with E-state index in [4.69, 9.17) is 9.47 Å². The predicted octanol–water partition coefficient (Wildman–Crippen LogP) is 2.60. The molecule has 4 heteroatoms. The smallest absolute Gasteiger partial charge is 0.312 e. The summed E-state index contributed by atoms with van der Waals surface area (Å²) in [4.78, 5) is 12.0. The molecule has 1 aromatic carbocycles. The van der Waals surface area contributed by atoms with Crippen molar-refractivity contribution in [2.24, 2.45) is 5.41 Å². The number of hydrogen-bond acceptors (Lipinski definition) is 3. The number of esters is 1. The Morgan fingerprint density at radius 3 is 2.47 bits per heavy atom. The molecule has 1 saturated heterocycles. The summed E-state index contributed by atoms with van der Waals surface area (Å²) in [5, 5.41) is 0. The van der Waals surface area contributed by atoms with E-state index in [1.165, 1.54) is 13.2 Å². The SMILES string of the molecule is COC(=O)C(C)(C)C1(c2ccc(F)c(C)c2)COC1. The van der Waals surface area contributed by atoms with Crippen LogP contribution in [0.4, 0.5) is 4.39 Å². The van der Waals surface area contributed by atoms with Crippen LogP contribution in [0.5, 0.6) is 0 Å². The lowest BCUT2D eigenvalue weighted by atomic mass is 9.60. The van der Waals surface area contributed by atoms with Crippen LogP contribution >= 0.6 is 0 Å². The number of rotatable bonds is 3. The molecule has 19 heavy (non-hydrogen) atoms. The molecule has 1 aromatic rings. The molecule has 0 aliphatic carbocycles. The summed E-state index contributed by atoms with van der Waals surface area (Å²) in [6.07, 6.45) is 0. The zero-order valence-corrected chi connectivity index (χ0v) is 11.7. The third-order valence-electron chi connectivity index (χ3n) is 4.30. The molecule has 0 atom stereocenters. The summed E-state index contributed by atoms with van der Waals surface area (Å²) in [5.41, 5.74) is 0.334. The zero-order valence-electron chi connectivity index (χ0n) is 11.7. The quantitative estimate of drug-likeness (QED) is 0.789. The lowest BCUT2D eigenvalue weighted by Crippen LogP contribution is -2.60. The highest BCUT2D eigenvalue weighted by Crippen LogP contribution is 2.48. The van der Waals surface area contributed by atoms with Crippen molar-refractivity contribution >= 4 is 5.97 Å². The zero-order chi connectivity index (χ0) is 14.3. The number of ether oxygens (including phenoxy) is 2. The first-order chi connectivity index (χ1) is 8.85. The van der Waals surface area contributed by atoms with E-state index in [-0.39, 0.29) is 11.8 Å². The molecule has 0 unspecified atom stereocenters. The maximum absolute atomic E-state index is 13.4. The third-order valence-corrected chi connectivity index (χ3v) is 4.30. The number of carbonyl (C=O) groups excluding carboxylic acids is 1. The minimum absolute atomic E-state index is 0.241. The Morgan fingerprint density at radius 1 is 1.42 bits per heavy atom. The fourth-order valence-corrected chi connectivity index (χ4v) is 2.59. The number of aryl methyl sites for hydroxylation is 1. The lowest BCUT2D eigenvalue weighted by Gasteiger charge is -2.51. The van der Waals surface area contributed by atoms with Gasteiger partial charge in [0, 0.05) is 0 Å². The molecule has 104 valence electrons. The highest BCUT2D eigenvalue weighted by atomic mass is 19.1. The van der Waals surface area contributed by atoms with Crippen LogP contribution in [0.25, 0.3) is 0 Å². The number of hydrogen-bond donors (Lipinski definition) is 0. The molecule has 1 aliphatic heterocycles. The van der Waals surface area contributed by atoms with E-state index in [0.717, 1.165) is 5.56 Å². The second-order valence-corrected chi connectivity index (χ2v) is 5.66. The molecular formula is C15H19FO3. The van der Waals surface area contributed by atoms with Crippen molar-refractivity contribution < 1.29 is 18.7 Å². The van der Waals surface area contributed by atoms with Gasteiger partial charge < -0.3 is 9.47 Å². The first-order valence-corrected chi connectivity index (χ1v) is 6.28. The van der Waals surface area contributed by atoms with E-state index in [2.05, 4.69) is 0 Å². The van der Waals surface area contributed by atoms with E-state index < -0.39 is 10.8 Å². The lowest BCUT2D eigenvalue weighted by molar-refractivity contribution is -0.174. The Morgan fingerprint density at radius 2 is 2.05 bits per heavy atom. The maximum atomic E-state index is 13.4. The molecule has 2 rings (SSSR count). The first-order valence-electron chi connectivity index (χ1n) is 6.28. The fourth-order valence-electron chi connectivity index (χ4n) is 2.59. The molecule has 1 fully saturated rings. The normalized spacial score (nSPS) is 17.7. The van der Waals surface area contributed by atoms with Crippen molar-refractivity contribution in [2.75, 3.05) is 20.3 Å². The minimum Gasteiger partial charge on any atom is -0.469 e. The molecule has 0 aromatic heterocycles. The summed E-state index contributed by atoms with van der Waals surface area (Å²) >= 11 is 0. The molecule has 1 aliphatic rings. The van der Waals surface area contributed by atoms with Crippen molar-refractivity contribution in [3.8, 4) is 0 Å². The summed E-state index contributed by atoms with van der Waals surface area (Å²) in [6.45, 7) is 6.30. The monoisotopic (exact) mass is 266 g/mol. The van der Waals surface area contributed by atoms with Crippen LogP contribution < -0.4 is 0 Å². The molecule has 0 bridgehead atoms. The highest BCUT2D eigenvalue weighted by molar-refractivity contribution is 5.78. The Kier molecular flexibility index (Phi) is 3.39. The average molecular weight is 266 g/mol. The number of carbonyl (C=O) groups is 1. The van der Waals surface area contributed by atoms with Crippen LogP contribution in [0.15, 0.2) is 18.2 Å². The molecule has 0 saturated carbocycles. The fraction of sp³-hybridized carbons (Fsp3) is 0.533. The van der Waals surface area contributed by atoms with Crippen LogP contribution in [0.2, 0.25) is 0 Å². The minimum atomic E-state index is -0.718. The molecule has 0 N–H and O–H groups in total. The van der Waals surface area contributed by atoms with Crippen molar-refractivity contribution in [1.82, 2.24) is 0 Å². The molecule has 0 spiro atoms. The van der Waals surface area contributed by atoms with Gasteiger partial charge in [0.2, 0.25) is 0 Å². The second kappa shape index (κ2) is 4.60. The topological polar surface area (TPSA) is 35.5 Å². The Hall–Kier alpha value is -1.42. The summed E-state index contributed by atoms with van der Waals surface area (Å²) in [7, 11) is 1.38. The van der Waals surface area contributed by atoms with Gasteiger partial charge in [-0.05, 0) is 38.0 Å². The van der Waals surface area contributed by atoms with Crippen LogP contribution in [-0.4, -0.2) is 26.3 Å². The van der Waals surface area contributed by atoms with Gasteiger partial charge in [-0.1, -0.05) is 12.1 Å². The maximum Gasteiger partial charge on any atom is 0.312 e. The van der Waals surface area contributed by atoms with Crippen LogP contribution in [0.1, 0.15) is 25.0 Å². The van der Waals surface area contributed by atoms with E-state index in [1.807, 2.05) is 13.8 Å². The summed E-state index contributed by atoms with van der Waals surface area (Å²) < 4.78 is 23.7. The number of benzene rings is 1. The van der Waals surface area contributed by atoms with Gasteiger partial charge in [-0.25, -0.2) is 4.39 Å². The van der Waals surface area contributed by atoms with E-state index in [1.54, 1.807) is 19.1 Å². The van der Waals surface area contributed by atoms with Gasteiger partial charge in [0.25, 0.3) is 0 Å². The number of methoxy groups -OCH3 is 1. The van der Waals surface area contributed by atoms with Crippen molar-refractivity contribution in [3.63, 3.8) is 0 Å². The predicted molar refractivity (Wildman–Crippen MR) is 69.4 cm³/mol. The largest absolute Gasteiger partial charge is 0.469 e. The molecule has 0 radical (unpaired) electrons. The van der Waals surface area contributed by atoms with Gasteiger partial charge in [-0.15, -0.1) is 0 Å². The molecule has 1 heterocycles. The molecular weight excluding hydrogens is 247 g/mol. The van der Waals surface area contributed by atoms with Gasteiger partial charge in [0.15, 0.2) is 0 Å². The van der Waals surface area contributed by atoms with Gasteiger partial charge in [-0.3, -0.25) is 4.79 Å². The van der Waals surface area contributed by atoms with Gasteiger partial charge in [-0.2, -0.15) is 0 Å². The average Bonchev–Trinajstić information content (AvgIpc) is 2.30. The molecule has 0 amide bonds. The van der Waals surface area contributed by atoms with Crippen LogP contribution in [0.3, 0.4) is 0 Å². The van der Waals surface area contributed by atoms with Crippen LogP contribution in [0, 0.1) is 18.2 Å². The van der Waals surface area contributed by atoms with E-state index in [0.29, 0.717) is 18.8 Å². The summed E-state index contributed by atoms with van der Waals surface area (Å²) in [5.74, 6) is -0.521.